The van der Waals surface area contributed by atoms with Crippen molar-refractivity contribution in [3.63, 3.8) is 0 Å². The second kappa shape index (κ2) is 5.52. The number of pyridine rings is 1. The van der Waals surface area contributed by atoms with E-state index in [0.29, 0.717) is 17.1 Å². The molecule has 2 rings (SSSR count). The van der Waals surface area contributed by atoms with E-state index in [4.69, 9.17) is 11.0 Å². The van der Waals surface area contributed by atoms with Crippen molar-refractivity contribution in [3.05, 3.63) is 40.2 Å². The standard InChI is InChI=1S/C13H14N4S/c1-17(5-4-12-3-2-6-18-12)13-10(8-14)7-11(15)9-16-13/h2-3,6-7,9H,4-5,15H2,1H3. The van der Waals surface area contributed by atoms with Crippen LogP contribution in [0.15, 0.2) is 29.8 Å². The Morgan fingerprint density at radius 1 is 1.56 bits per heavy atom. The summed E-state index contributed by atoms with van der Waals surface area (Å²) in [4.78, 5) is 7.54. The van der Waals surface area contributed by atoms with Gasteiger partial charge in [0, 0.05) is 18.5 Å². The van der Waals surface area contributed by atoms with Crippen LogP contribution in [0.3, 0.4) is 0 Å². The first-order valence-corrected chi connectivity index (χ1v) is 6.48. The minimum atomic E-state index is 0.516. The molecule has 2 aromatic heterocycles. The zero-order valence-corrected chi connectivity index (χ0v) is 10.9. The largest absolute Gasteiger partial charge is 0.397 e. The van der Waals surface area contributed by atoms with Crippen LogP contribution < -0.4 is 10.6 Å². The van der Waals surface area contributed by atoms with Crippen molar-refractivity contribution in [1.82, 2.24) is 4.98 Å². The molecule has 2 heterocycles. The summed E-state index contributed by atoms with van der Waals surface area (Å²) in [6.07, 6.45) is 2.53. The van der Waals surface area contributed by atoms with E-state index < -0.39 is 0 Å². The highest BCUT2D eigenvalue weighted by Gasteiger charge is 2.09. The molecule has 0 aliphatic heterocycles. The summed E-state index contributed by atoms with van der Waals surface area (Å²) >= 11 is 1.74. The van der Waals surface area contributed by atoms with Gasteiger partial charge in [0.05, 0.1) is 17.4 Å². The highest BCUT2D eigenvalue weighted by Crippen LogP contribution is 2.18. The molecular formula is C13H14N4S. The molecule has 0 aliphatic rings. The normalized spacial score (nSPS) is 10.0. The zero-order valence-electron chi connectivity index (χ0n) is 10.1. The Hall–Kier alpha value is -2.06. The predicted molar refractivity (Wildman–Crippen MR) is 74.7 cm³/mol. The number of nitrogens with two attached hydrogens (primary N) is 1. The lowest BCUT2D eigenvalue weighted by molar-refractivity contribution is 0.867. The summed E-state index contributed by atoms with van der Waals surface area (Å²) in [5.74, 6) is 0.684. The van der Waals surface area contributed by atoms with Gasteiger partial charge >= 0.3 is 0 Å². The summed E-state index contributed by atoms with van der Waals surface area (Å²) in [5.41, 5.74) is 6.66. The fourth-order valence-electron chi connectivity index (χ4n) is 1.70. The highest BCUT2D eigenvalue weighted by atomic mass is 32.1. The number of hydrogen-bond donors (Lipinski definition) is 1. The molecule has 0 radical (unpaired) electrons. The van der Waals surface area contributed by atoms with Gasteiger partial charge < -0.3 is 10.6 Å². The van der Waals surface area contributed by atoms with E-state index in [1.807, 2.05) is 18.0 Å². The molecular weight excluding hydrogens is 244 g/mol. The van der Waals surface area contributed by atoms with Crippen molar-refractivity contribution in [2.45, 2.75) is 6.42 Å². The van der Waals surface area contributed by atoms with Gasteiger partial charge in [0.15, 0.2) is 0 Å². The molecule has 0 unspecified atom stereocenters. The van der Waals surface area contributed by atoms with Gasteiger partial charge in [-0.25, -0.2) is 4.98 Å². The molecule has 5 heteroatoms. The average molecular weight is 258 g/mol. The van der Waals surface area contributed by atoms with Crippen LogP contribution in [-0.2, 0) is 6.42 Å². The molecule has 0 atom stereocenters. The lowest BCUT2D eigenvalue weighted by atomic mass is 10.2. The van der Waals surface area contributed by atoms with Gasteiger partial charge in [-0.1, -0.05) is 6.07 Å². The first-order valence-electron chi connectivity index (χ1n) is 5.60. The van der Waals surface area contributed by atoms with Crippen molar-refractivity contribution in [2.75, 3.05) is 24.2 Å². The molecule has 92 valence electrons. The number of likely N-dealkylation sites (N-methyl/N-ethyl adjacent to an activating group) is 1. The van der Waals surface area contributed by atoms with Crippen LogP contribution >= 0.6 is 11.3 Å². The molecule has 0 aromatic carbocycles. The summed E-state index contributed by atoms with van der Waals surface area (Å²) in [7, 11) is 1.94. The SMILES string of the molecule is CN(CCc1cccs1)c1ncc(N)cc1C#N. The Morgan fingerprint density at radius 3 is 3.06 bits per heavy atom. The number of anilines is 2. The van der Waals surface area contributed by atoms with Crippen LogP contribution in [0.2, 0.25) is 0 Å². The fourth-order valence-corrected chi connectivity index (χ4v) is 2.40. The topological polar surface area (TPSA) is 65.9 Å². The number of thiophene rings is 1. The minimum absolute atomic E-state index is 0.516. The van der Waals surface area contributed by atoms with Gasteiger partial charge in [-0.05, 0) is 23.9 Å². The lowest BCUT2D eigenvalue weighted by Gasteiger charge is -2.18. The van der Waals surface area contributed by atoms with Crippen molar-refractivity contribution in [2.24, 2.45) is 0 Å². The monoisotopic (exact) mass is 258 g/mol. The number of nitrogen functional groups attached to an aromatic ring is 1. The average Bonchev–Trinajstić information content (AvgIpc) is 2.88. The molecule has 18 heavy (non-hydrogen) atoms. The van der Waals surface area contributed by atoms with E-state index >= 15 is 0 Å². The van der Waals surface area contributed by atoms with Crippen molar-refractivity contribution in [1.29, 1.82) is 5.26 Å². The number of aromatic nitrogens is 1. The fraction of sp³-hybridized carbons (Fsp3) is 0.231. The molecule has 0 bridgehead atoms. The van der Waals surface area contributed by atoms with E-state index in [1.54, 1.807) is 23.6 Å². The van der Waals surface area contributed by atoms with Gasteiger partial charge in [-0.2, -0.15) is 5.26 Å². The Labute approximate surface area is 110 Å². The second-order valence-electron chi connectivity index (χ2n) is 4.00. The van der Waals surface area contributed by atoms with Crippen LogP contribution in [0, 0.1) is 11.3 Å². The Morgan fingerprint density at radius 2 is 2.39 bits per heavy atom. The van der Waals surface area contributed by atoms with Crippen molar-refractivity contribution in [3.8, 4) is 6.07 Å². The number of hydrogen-bond acceptors (Lipinski definition) is 5. The van der Waals surface area contributed by atoms with Gasteiger partial charge in [0.2, 0.25) is 0 Å². The van der Waals surface area contributed by atoms with Crippen LogP contribution in [0.4, 0.5) is 11.5 Å². The molecule has 4 nitrogen and oxygen atoms in total. The van der Waals surface area contributed by atoms with Gasteiger partial charge in [-0.3, -0.25) is 0 Å². The quantitative estimate of drug-likeness (QED) is 0.913. The summed E-state index contributed by atoms with van der Waals surface area (Å²) in [6.45, 7) is 0.826. The van der Waals surface area contributed by atoms with Gasteiger partial charge in [0.1, 0.15) is 11.9 Å². The van der Waals surface area contributed by atoms with Crippen molar-refractivity contribution < 1.29 is 0 Å². The Kier molecular flexibility index (Phi) is 3.80. The third kappa shape index (κ3) is 2.79. The third-order valence-corrected chi connectivity index (χ3v) is 3.58. The zero-order chi connectivity index (χ0) is 13.0. The molecule has 2 N–H and O–H groups in total. The number of rotatable bonds is 4. The summed E-state index contributed by atoms with van der Waals surface area (Å²) in [6, 6.07) is 7.94. The van der Waals surface area contributed by atoms with E-state index in [-0.39, 0.29) is 0 Å². The van der Waals surface area contributed by atoms with E-state index in [0.717, 1.165) is 13.0 Å². The molecule has 0 amide bonds. The van der Waals surface area contributed by atoms with E-state index in [9.17, 15) is 0 Å². The molecule has 0 aliphatic carbocycles. The van der Waals surface area contributed by atoms with Crippen LogP contribution in [0.1, 0.15) is 10.4 Å². The smallest absolute Gasteiger partial charge is 0.146 e. The van der Waals surface area contributed by atoms with Gasteiger partial charge in [-0.15, -0.1) is 11.3 Å². The molecule has 2 aromatic rings. The minimum Gasteiger partial charge on any atom is -0.397 e. The maximum atomic E-state index is 9.07. The van der Waals surface area contributed by atoms with E-state index in [2.05, 4.69) is 22.5 Å². The molecule has 0 saturated carbocycles. The van der Waals surface area contributed by atoms with Crippen LogP contribution in [0.25, 0.3) is 0 Å². The number of nitrogens with zero attached hydrogens (tertiary/aromatic N) is 3. The van der Waals surface area contributed by atoms with Crippen LogP contribution in [0.5, 0.6) is 0 Å². The van der Waals surface area contributed by atoms with Crippen molar-refractivity contribution >= 4 is 22.8 Å². The summed E-state index contributed by atoms with van der Waals surface area (Å²) < 4.78 is 0. The maximum absolute atomic E-state index is 9.07. The lowest BCUT2D eigenvalue weighted by Crippen LogP contribution is -2.22. The Balaban J connectivity index is 2.09. The molecule has 0 saturated heterocycles. The molecule has 0 fully saturated rings. The Bertz CT molecular complexity index is 557. The predicted octanol–water partition coefficient (Wildman–Crippen LogP) is 2.28. The first-order chi connectivity index (χ1) is 8.70. The first kappa shape index (κ1) is 12.4. The molecule has 0 spiro atoms. The van der Waals surface area contributed by atoms with E-state index in [1.165, 1.54) is 4.88 Å². The summed E-state index contributed by atoms with van der Waals surface area (Å²) in [5, 5.41) is 11.1. The maximum Gasteiger partial charge on any atom is 0.146 e. The van der Waals surface area contributed by atoms with Crippen LogP contribution in [-0.4, -0.2) is 18.6 Å². The highest BCUT2D eigenvalue weighted by molar-refractivity contribution is 7.09. The third-order valence-electron chi connectivity index (χ3n) is 2.64. The number of nitriles is 1. The second-order valence-corrected chi connectivity index (χ2v) is 5.03. The van der Waals surface area contributed by atoms with Gasteiger partial charge in [0.25, 0.3) is 0 Å².